The molecule has 0 bridgehead atoms. The quantitative estimate of drug-likeness (QED) is 0.842. The molecular formula is C9H8BrFO4. The molecule has 0 aliphatic rings. The number of methoxy groups -OCH3 is 2. The molecular weight excluding hydrogens is 271 g/mol. The van der Waals surface area contributed by atoms with Crippen LogP contribution in [0.1, 0.15) is 10.4 Å². The summed E-state index contributed by atoms with van der Waals surface area (Å²) in [4.78, 5) is 11.1. The van der Waals surface area contributed by atoms with Gasteiger partial charge < -0.3 is 14.6 Å². The normalized spacial score (nSPS) is 9.87. The molecule has 0 aromatic heterocycles. The first-order valence-corrected chi connectivity index (χ1v) is 4.65. The van der Waals surface area contributed by atoms with Crippen molar-refractivity contribution in [1.82, 2.24) is 0 Å². The van der Waals surface area contributed by atoms with Crippen LogP contribution in [0.5, 0.6) is 11.5 Å². The van der Waals surface area contributed by atoms with Crippen molar-refractivity contribution in [2.45, 2.75) is 0 Å². The lowest BCUT2D eigenvalue weighted by Crippen LogP contribution is -2.04. The highest BCUT2D eigenvalue weighted by atomic mass is 79.9. The van der Waals surface area contributed by atoms with Crippen molar-refractivity contribution in [2.24, 2.45) is 0 Å². The molecule has 82 valence electrons. The van der Waals surface area contributed by atoms with Crippen LogP contribution < -0.4 is 4.74 Å². The van der Waals surface area contributed by atoms with E-state index >= 15 is 0 Å². The fraction of sp³-hybridized carbons (Fsp3) is 0.222. The van der Waals surface area contributed by atoms with Crippen molar-refractivity contribution >= 4 is 21.9 Å². The van der Waals surface area contributed by atoms with Gasteiger partial charge in [0.15, 0.2) is 11.5 Å². The van der Waals surface area contributed by atoms with Crippen LogP contribution in [0.15, 0.2) is 10.5 Å². The van der Waals surface area contributed by atoms with E-state index in [0.717, 1.165) is 7.11 Å². The van der Waals surface area contributed by atoms with Crippen LogP contribution in [-0.2, 0) is 4.74 Å². The second-order valence-electron chi connectivity index (χ2n) is 2.59. The maximum Gasteiger partial charge on any atom is 0.341 e. The maximum absolute atomic E-state index is 13.4. The van der Waals surface area contributed by atoms with Crippen LogP contribution in [0.4, 0.5) is 4.39 Å². The number of esters is 1. The molecule has 15 heavy (non-hydrogen) atoms. The topological polar surface area (TPSA) is 55.8 Å². The molecule has 0 unspecified atom stereocenters. The van der Waals surface area contributed by atoms with Gasteiger partial charge in [0.2, 0.25) is 5.82 Å². The van der Waals surface area contributed by atoms with Crippen molar-refractivity contribution in [2.75, 3.05) is 14.2 Å². The molecule has 1 N–H and O–H groups in total. The lowest BCUT2D eigenvalue weighted by atomic mass is 10.2. The van der Waals surface area contributed by atoms with Gasteiger partial charge in [-0.05, 0) is 22.0 Å². The van der Waals surface area contributed by atoms with E-state index in [0.29, 0.717) is 0 Å². The Bertz CT molecular complexity index is 406. The number of carbonyl (C=O) groups is 1. The Morgan fingerprint density at radius 2 is 2.13 bits per heavy atom. The number of benzene rings is 1. The van der Waals surface area contributed by atoms with E-state index in [1.165, 1.54) is 13.2 Å². The predicted molar refractivity (Wildman–Crippen MR) is 53.7 cm³/mol. The summed E-state index contributed by atoms with van der Waals surface area (Å²) in [5.74, 6) is -2.79. The minimum absolute atomic E-state index is 0.167. The molecule has 0 saturated heterocycles. The van der Waals surface area contributed by atoms with Gasteiger partial charge in [-0.2, -0.15) is 4.39 Å². The molecule has 6 heteroatoms. The van der Waals surface area contributed by atoms with Crippen LogP contribution in [0, 0.1) is 5.82 Å². The smallest absolute Gasteiger partial charge is 0.341 e. The minimum Gasteiger partial charge on any atom is -0.504 e. The van der Waals surface area contributed by atoms with Gasteiger partial charge in [-0.3, -0.25) is 0 Å². The highest BCUT2D eigenvalue weighted by molar-refractivity contribution is 9.10. The highest BCUT2D eigenvalue weighted by Gasteiger charge is 2.21. The van der Waals surface area contributed by atoms with Crippen LogP contribution in [0.2, 0.25) is 0 Å². The third kappa shape index (κ3) is 2.04. The molecule has 4 nitrogen and oxygen atoms in total. The van der Waals surface area contributed by atoms with Crippen molar-refractivity contribution in [3.05, 3.63) is 21.9 Å². The first-order valence-electron chi connectivity index (χ1n) is 3.86. The van der Waals surface area contributed by atoms with E-state index in [2.05, 4.69) is 20.7 Å². The van der Waals surface area contributed by atoms with E-state index in [1.54, 1.807) is 0 Å². The Balaban J connectivity index is 3.40. The first-order chi connectivity index (χ1) is 7.02. The maximum atomic E-state index is 13.4. The van der Waals surface area contributed by atoms with Gasteiger partial charge in [-0.15, -0.1) is 0 Å². The Morgan fingerprint density at radius 1 is 1.53 bits per heavy atom. The van der Waals surface area contributed by atoms with Gasteiger partial charge >= 0.3 is 5.97 Å². The Morgan fingerprint density at radius 3 is 2.60 bits per heavy atom. The summed E-state index contributed by atoms with van der Waals surface area (Å²) in [6.45, 7) is 0. The third-order valence-electron chi connectivity index (χ3n) is 1.76. The van der Waals surface area contributed by atoms with Gasteiger partial charge in [0.1, 0.15) is 5.56 Å². The zero-order valence-electron chi connectivity index (χ0n) is 8.01. The van der Waals surface area contributed by atoms with Gasteiger partial charge in [0.25, 0.3) is 0 Å². The molecule has 0 amide bonds. The van der Waals surface area contributed by atoms with E-state index < -0.39 is 17.5 Å². The molecule has 1 aromatic carbocycles. The molecule has 1 rings (SSSR count). The van der Waals surface area contributed by atoms with Crippen LogP contribution >= 0.6 is 15.9 Å². The molecule has 0 atom stereocenters. The zero-order chi connectivity index (χ0) is 11.6. The van der Waals surface area contributed by atoms with Crippen molar-refractivity contribution in [3.63, 3.8) is 0 Å². The summed E-state index contributed by atoms with van der Waals surface area (Å²) in [5, 5.41) is 9.36. The van der Waals surface area contributed by atoms with Crippen LogP contribution in [0.3, 0.4) is 0 Å². The van der Waals surface area contributed by atoms with Gasteiger partial charge in [-0.25, -0.2) is 4.79 Å². The largest absolute Gasteiger partial charge is 0.504 e. The predicted octanol–water partition coefficient (Wildman–Crippen LogP) is 2.09. The number of rotatable bonds is 2. The second-order valence-corrected chi connectivity index (χ2v) is 3.45. The summed E-state index contributed by atoms with van der Waals surface area (Å²) in [6.07, 6.45) is 0. The average molecular weight is 279 g/mol. The minimum atomic E-state index is -1.01. The number of aromatic hydroxyl groups is 1. The molecule has 0 fully saturated rings. The number of phenolic OH excluding ortho intramolecular Hbond substituents is 1. The SMILES string of the molecule is COC(=O)c1cc(Br)c(OC)c(F)c1O. The molecule has 1 aromatic rings. The molecule has 0 aliphatic carbocycles. The van der Waals surface area contributed by atoms with Crippen LogP contribution in [-0.4, -0.2) is 25.3 Å². The van der Waals surface area contributed by atoms with E-state index in [4.69, 9.17) is 4.74 Å². The summed E-state index contributed by atoms with van der Waals surface area (Å²) >= 11 is 3.01. The number of carbonyl (C=O) groups excluding carboxylic acids is 1. The summed E-state index contributed by atoms with van der Waals surface area (Å²) in [7, 11) is 2.39. The Labute approximate surface area is 93.7 Å². The number of hydrogen-bond donors (Lipinski definition) is 1. The van der Waals surface area contributed by atoms with E-state index in [9.17, 15) is 14.3 Å². The Hall–Kier alpha value is -1.30. The number of halogens is 2. The van der Waals surface area contributed by atoms with Gasteiger partial charge in [-0.1, -0.05) is 0 Å². The van der Waals surface area contributed by atoms with Gasteiger partial charge in [0.05, 0.1) is 18.7 Å². The monoisotopic (exact) mass is 278 g/mol. The van der Waals surface area contributed by atoms with Crippen molar-refractivity contribution < 1.29 is 23.8 Å². The fourth-order valence-corrected chi connectivity index (χ4v) is 1.61. The molecule has 0 heterocycles. The first kappa shape index (κ1) is 11.8. The summed E-state index contributed by atoms with van der Waals surface area (Å²) in [5.41, 5.74) is -0.261. The van der Waals surface area contributed by atoms with Crippen molar-refractivity contribution in [3.8, 4) is 11.5 Å². The lowest BCUT2D eigenvalue weighted by Gasteiger charge is -2.09. The lowest BCUT2D eigenvalue weighted by molar-refractivity contribution is 0.0596. The number of hydrogen-bond acceptors (Lipinski definition) is 4. The number of ether oxygens (including phenoxy) is 2. The van der Waals surface area contributed by atoms with Crippen molar-refractivity contribution in [1.29, 1.82) is 0 Å². The standard InChI is InChI=1S/C9H8BrFO4/c1-14-8-5(10)3-4(9(13)15-2)7(12)6(8)11/h3,12H,1-2H3. The zero-order valence-corrected chi connectivity index (χ0v) is 9.59. The second kappa shape index (κ2) is 4.48. The summed E-state index contributed by atoms with van der Waals surface area (Å²) < 4.78 is 22.7. The van der Waals surface area contributed by atoms with Crippen LogP contribution in [0.25, 0.3) is 0 Å². The average Bonchev–Trinajstić information content (AvgIpc) is 2.23. The molecule has 0 radical (unpaired) electrons. The molecule has 0 aliphatic heterocycles. The highest BCUT2D eigenvalue weighted by Crippen LogP contribution is 2.36. The van der Waals surface area contributed by atoms with Gasteiger partial charge in [0, 0.05) is 0 Å². The fourth-order valence-electron chi connectivity index (χ4n) is 1.04. The van der Waals surface area contributed by atoms with E-state index in [-0.39, 0.29) is 15.8 Å². The third-order valence-corrected chi connectivity index (χ3v) is 2.35. The number of phenols is 1. The molecule has 0 saturated carbocycles. The molecule has 0 spiro atoms. The van der Waals surface area contributed by atoms with E-state index in [1.807, 2.05) is 0 Å². The Kier molecular flexibility index (Phi) is 3.52. The summed E-state index contributed by atoms with van der Waals surface area (Å²) in [6, 6.07) is 1.23.